The number of hydrogen-bond donors (Lipinski definition) is 1. The molecule has 0 aliphatic heterocycles. The van der Waals surface area contributed by atoms with Gasteiger partial charge in [0.15, 0.2) is 0 Å². The molecule has 0 amide bonds. The lowest BCUT2D eigenvalue weighted by molar-refractivity contribution is 0.684. The largest absolute Gasteiger partial charge is 0.309 e. The maximum Gasteiger partial charge on any atom is 0.0577 e. The Kier molecular flexibility index (Phi) is 5.44. The molecule has 2 unspecified atom stereocenters. The highest BCUT2D eigenvalue weighted by molar-refractivity contribution is 6.30. The van der Waals surface area contributed by atoms with Crippen molar-refractivity contribution in [1.29, 1.82) is 0 Å². The van der Waals surface area contributed by atoms with Crippen molar-refractivity contribution in [3.8, 4) is 0 Å². The van der Waals surface area contributed by atoms with E-state index >= 15 is 0 Å². The first kappa shape index (κ1) is 16.1. The summed E-state index contributed by atoms with van der Waals surface area (Å²) < 4.78 is 0. The van der Waals surface area contributed by atoms with Crippen molar-refractivity contribution in [3.05, 3.63) is 69.7 Å². The van der Waals surface area contributed by atoms with E-state index in [1.807, 2.05) is 13.1 Å². The molecule has 0 aliphatic carbocycles. The van der Waals surface area contributed by atoms with Crippen LogP contribution in [0.15, 0.2) is 42.5 Å². The fourth-order valence-electron chi connectivity index (χ4n) is 2.68. The highest BCUT2D eigenvalue weighted by atomic mass is 35.5. The molecule has 0 saturated carbocycles. The summed E-state index contributed by atoms with van der Waals surface area (Å²) in [5.41, 5.74) is 5.17. The van der Waals surface area contributed by atoms with E-state index in [0.717, 1.165) is 5.02 Å². The third-order valence-electron chi connectivity index (χ3n) is 4.29. The summed E-state index contributed by atoms with van der Waals surface area (Å²) in [6.07, 6.45) is 1.17. The Bertz CT molecular complexity index is 589. The molecule has 0 fully saturated rings. The van der Waals surface area contributed by atoms with Crippen LogP contribution in [0.4, 0.5) is 0 Å². The van der Waals surface area contributed by atoms with Gasteiger partial charge in [0.25, 0.3) is 0 Å². The van der Waals surface area contributed by atoms with Gasteiger partial charge < -0.3 is 5.32 Å². The first-order valence-electron chi connectivity index (χ1n) is 7.60. The predicted octanol–water partition coefficient (Wildman–Crippen LogP) is 5.47. The van der Waals surface area contributed by atoms with Gasteiger partial charge in [-0.3, -0.25) is 0 Å². The van der Waals surface area contributed by atoms with Gasteiger partial charge in [-0.15, -0.1) is 0 Å². The smallest absolute Gasteiger partial charge is 0.0577 e. The van der Waals surface area contributed by atoms with Gasteiger partial charge >= 0.3 is 0 Å². The predicted molar refractivity (Wildman–Crippen MR) is 92.2 cm³/mol. The van der Waals surface area contributed by atoms with Gasteiger partial charge in [-0.1, -0.05) is 55.8 Å². The van der Waals surface area contributed by atoms with E-state index in [1.165, 1.54) is 28.7 Å². The lowest BCUT2D eigenvalue weighted by atomic mass is 9.92. The molecule has 2 heteroatoms. The maximum atomic E-state index is 6.16. The second-order valence-corrected chi connectivity index (χ2v) is 6.13. The average molecular weight is 302 g/mol. The molecule has 1 N–H and O–H groups in total. The highest BCUT2D eigenvalue weighted by Crippen LogP contribution is 2.28. The van der Waals surface area contributed by atoms with Crippen LogP contribution in [0.3, 0.4) is 0 Å². The quantitative estimate of drug-likeness (QED) is 0.772. The monoisotopic (exact) mass is 301 g/mol. The molecule has 0 saturated heterocycles. The van der Waals surface area contributed by atoms with E-state index in [-0.39, 0.29) is 6.04 Å². The van der Waals surface area contributed by atoms with Crippen molar-refractivity contribution in [1.82, 2.24) is 5.32 Å². The minimum Gasteiger partial charge on any atom is -0.309 e. The van der Waals surface area contributed by atoms with Crippen LogP contribution in [0.5, 0.6) is 0 Å². The Morgan fingerprint density at radius 2 is 1.67 bits per heavy atom. The second-order valence-electron chi connectivity index (χ2n) is 5.70. The molecule has 1 nitrogen and oxygen atoms in total. The SMILES string of the molecule is CCC(C)c1ccc(C(NC)c2cc(Cl)ccc2C)cc1. The normalized spacial score (nSPS) is 14.0. The molecule has 21 heavy (non-hydrogen) atoms. The Labute approximate surface area is 133 Å². The number of aryl methyl sites for hydroxylation is 1. The summed E-state index contributed by atoms with van der Waals surface area (Å²) in [5.74, 6) is 0.611. The zero-order valence-electron chi connectivity index (χ0n) is 13.3. The van der Waals surface area contributed by atoms with Gasteiger partial charge in [0.1, 0.15) is 0 Å². The van der Waals surface area contributed by atoms with E-state index < -0.39 is 0 Å². The van der Waals surface area contributed by atoms with E-state index in [9.17, 15) is 0 Å². The summed E-state index contributed by atoms with van der Waals surface area (Å²) in [6, 6.07) is 15.2. The molecule has 0 spiro atoms. The Hall–Kier alpha value is -1.31. The lowest BCUT2D eigenvalue weighted by Gasteiger charge is -2.20. The molecule has 0 aromatic heterocycles. The summed E-state index contributed by atoms with van der Waals surface area (Å²) in [5, 5.41) is 4.19. The van der Waals surface area contributed by atoms with Gasteiger partial charge in [0.05, 0.1) is 6.04 Å². The third kappa shape index (κ3) is 3.66. The first-order chi connectivity index (χ1) is 10.1. The number of benzene rings is 2. The van der Waals surface area contributed by atoms with E-state index in [0.29, 0.717) is 5.92 Å². The average Bonchev–Trinajstić information content (AvgIpc) is 2.51. The molecular formula is C19H24ClN. The Morgan fingerprint density at radius 3 is 2.24 bits per heavy atom. The van der Waals surface area contributed by atoms with Crippen LogP contribution in [0.25, 0.3) is 0 Å². The van der Waals surface area contributed by atoms with Crippen molar-refractivity contribution in [2.24, 2.45) is 0 Å². The van der Waals surface area contributed by atoms with Crippen molar-refractivity contribution < 1.29 is 0 Å². The molecule has 0 radical (unpaired) electrons. The zero-order valence-corrected chi connectivity index (χ0v) is 14.0. The first-order valence-corrected chi connectivity index (χ1v) is 7.97. The minimum atomic E-state index is 0.176. The van der Waals surface area contributed by atoms with Crippen LogP contribution < -0.4 is 5.32 Å². The molecule has 2 aromatic rings. The zero-order chi connectivity index (χ0) is 15.4. The van der Waals surface area contributed by atoms with Gasteiger partial charge in [-0.25, -0.2) is 0 Å². The Balaban J connectivity index is 2.35. The highest BCUT2D eigenvalue weighted by Gasteiger charge is 2.15. The third-order valence-corrected chi connectivity index (χ3v) is 4.53. The van der Waals surface area contributed by atoms with Crippen LogP contribution in [0.1, 0.15) is 54.5 Å². The van der Waals surface area contributed by atoms with Crippen molar-refractivity contribution in [3.63, 3.8) is 0 Å². The van der Waals surface area contributed by atoms with Crippen LogP contribution in [-0.2, 0) is 0 Å². The molecule has 0 heterocycles. The van der Waals surface area contributed by atoms with Crippen LogP contribution in [-0.4, -0.2) is 7.05 Å². The van der Waals surface area contributed by atoms with Crippen LogP contribution >= 0.6 is 11.6 Å². The van der Waals surface area contributed by atoms with Gasteiger partial charge in [-0.05, 0) is 60.7 Å². The summed E-state index contributed by atoms with van der Waals surface area (Å²) in [4.78, 5) is 0. The summed E-state index contributed by atoms with van der Waals surface area (Å²) in [6.45, 7) is 6.62. The van der Waals surface area contributed by atoms with E-state index in [4.69, 9.17) is 11.6 Å². The van der Waals surface area contributed by atoms with Gasteiger partial charge in [0.2, 0.25) is 0 Å². The molecule has 0 bridgehead atoms. The molecule has 112 valence electrons. The van der Waals surface area contributed by atoms with Crippen molar-refractivity contribution in [2.75, 3.05) is 7.05 Å². The molecule has 2 atom stereocenters. The van der Waals surface area contributed by atoms with Gasteiger partial charge in [0, 0.05) is 5.02 Å². The van der Waals surface area contributed by atoms with Crippen molar-refractivity contribution in [2.45, 2.75) is 39.2 Å². The lowest BCUT2D eigenvalue weighted by Crippen LogP contribution is -2.18. The maximum absolute atomic E-state index is 6.16. The van der Waals surface area contributed by atoms with Crippen LogP contribution in [0.2, 0.25) is 5.02 Å². The number of halogens is 1. The van der Waals surface area contributed by atoms with Crippen molar-refractivity contribution >= 4 is 11.6 Å². The summed E-state index contributed by atoms with van der Waals surface area (Å²) >= 11 is 6.16. The van der Waals surface area contributed by atoms with E-state index in [2.05, 4.69) is 62.5 Å². The van der Waals surface area contributed by atoms with E-state index in [1.54, 1.807) is 0 Å². The second kappa shape index (κ2) is 7.11. The summed E-state index contributed by atoms with van der Waals surface area (Å²) in [7, 11) is 1.99. The molecule has 2 rings (SSSR count). The minimum absolute atomic E-state index is 0.176. The number of hydrogen-bond acceptors (Lipinski definition) is 1. The standard InChI is InChI=1S/C19H24ClN/c1-5-13(2)15-7-9-16(10-8-15)19(21-4)18-12-17(20)11-6-14(18)3/h6-13,19,21H,5H2,1-4H3. The Morgan fingerprint density at radius 1 is 1.05 bits per heavy atom. The number of nitrogens with one attached hydrogen (secondary N) is 1. The molecular weight excluding hydrogens is 278 g/mol. The fourth-order valence-corrected chi connectivity index (χ4v) is 2.86. The fraction of sp³-hybridized carbons (Fsp3) is 0.368. The van der Waals surface area contributed by atoms with Crippen LogP contribution in [0, 0.1) is 6.92 Å². The molecule has 0 aliphatic rings. The number of rotatable bonds is 5. The van der Waals surface area contributed by atoms with Gasteiger partial charge in [-0.2, -0.15) is 0 Å². The molecule has 2 aromatic carbocycles. The topological polar surface area (TPSA) is 12.0 Å².